The molecular weight excluding hydrogens is 609 g/mol. The predicted molar refractivity (Wildman–Crippen MR) is 163 cm³/mol. The minimum atomic E-state index is -4.57. The minimum absolute atomic E-state index is 0.00101. The Balaban J connectivity index is 1.46. The van der Waals surface area contributed by atoms with Crippen LogP contribution in [0.3, 0.4) is 0 Å². The van der Waals surface area contributed by atoms with Crippen LogP contribution in [0, 0.1) is 5.41 Å². The minimum Gasteiger partial charge on any atom is -0.461 e. The first kappa shape index (κ1) is 33.8. The molecule has 2 atom stereocenters. The SMILES string of the molecule is CC(Cc1cccc(COC(=O)N=C=S)c1)OC(=O)[C@@](N)(CC(C)(C)C)c1ccc(N2CCn3c(nnc3C(F)(F)F)C2)cc1. The monoisotopic (exact) mass is 644 g/mol. The maximum atomic E-state index is 13.7. The number of hydrogen-bond donors (Lipinski definition) is 1. The summed E-state index contributed by atoms with van der Waals surface area (Å²) in [5.41, 5.74) is 7.96. The van der Waals surface area contributed by atoms with E-state index in [-0.39, 0.29) is 30.9 Å². The maximum Gasteiger partial charge on any atom is 0.451 e. The third-order valence-corrected chi connectivity index (χ3v) is 7.34. The van der Waals surface area contributed by atoms with Crippen molar-refractivity contribution in [2.75, 3.05) is 11.4 Å². The molecule has 0 fully saturated rings. The summed E-state index contributed by atoms with van der Waals surface area (Å²) in [6.45, 7) is 8.29. The molecule has 0 aliphatic carbocycles. The van der Waals surface area contributed by atoms with E-state index in [9.17, 15) is 22.8 Å². The fourth-order valence-corrected chi connectivity index (χ4v) is 5.48. The predicted octanol–water partition coefficient (Wildman–Crippen LogP) is 5.82. The first-order chi connectivity index (χ1) is 21.1. The molecule has 1 aromatic heterocycles. The number of nitrogens with two attached hydrogens (primary N) is 1. The van der Waals surface area contributed by atoms with Crippen molar-refractivity contribution in [2.24, 2.45) is 16.1 Å². The van der Waals surface area contributed by atoms with Gasteiger partial charge in [0.1, 0.15) is 18.2 Å². The highest BCUT2D eigenvalue weighted by atomic mass is 32.1. The second-order valence-corrected chi connectivity index (χ2v) is 12.4. The molecule has 1 aliphatic rings. The van der Waals surface area contributed by atoms with Gasteiger partial charge in [-0.05, 0) is 59.8 Å². The molecular formula is C31H35F3N6O4S. The van der Waals surface area contributed by atoms with Gasteiger partial charge in [0.2, 0.25) is 5.82 Å². The zero-order chi connectivity index (χ0) is 33.0. The summed E-state index contributed by atoms with van der Waals surface area (Å²) in [6, 6.07) is 14.4. The van der Waals surface area contributed by atoms with Crippen LogP contribution >= 0.6 is 12.2 Å². The number of fused-ring (bicyclic) bond motifs is 1. The normalized spacial score (nSPS) is 15.3. The van der Waals surface area contributed by atoms with Gasteiger partial charge in [0.15, 0.2) is 5.82 Å². The zero-order valence-electron chi connectivity index (χ0n) is 25.4. The van der Waals surface area contributed by atoms with Gasteiger partial charge in [-0.15, -0.1) is 15.2 Å². The summed E-state index contributed by atoms with van der Waals surface area (Å²) in [4.78, 5) is 30.3. The van der Waals surface area contributed by atoms with Gasteiger partial charge in [-0.2, -0.15) is 13.2 Å². The Morgan fingerprint density at radius 2 is 1.78 bits per heavy atom. The largest absolute Gasteiger partial charge is 0.461 e. The third kappa shape index (κ3) is 8.53. The molecule has 1 amide bonds. The molecule has 2 heterocycles. The number of rotatable bonds is 9. The highest BCUT2D eigenvalue weighted by molar-refractivity contribution is 7.78. The second kappa shape index (κ2) is 13.5. The van der Waals surface area contributed by atoms with Crippen LogP contribution < -0.4 is 10.6 Å². The van der Waals surface area contributed by atoms with E-state index >= 15 is 0 Å². The van der Waals surface area contributed by atoms with Crippen molar-refractivity contribution in [3.05, 3.63) is 76.9 Å². The lowest BCUT2D eigenvalue weighted by atomic mass is 9.76. The molecule has 0 radical (unpaired) electrons. The number of ether oxygens (including phenoxy) is 2. The Bertz CT molecular complexity index is 1580. The molecule has 0 spiro atoms. The number of nitrogens with zero attached hydrogens (tertiary/aromatic N) is 5. The highest BCUT2D eigenvalue weighted by Gasteiger charge is 2.42. The summed E-state index contributed by atoms with van der Waals surface area (Å²) >= 11 is 4.40. The number of alkyl halides is 3. The molecule has 10 nitrogen and oxygen atoms in total. The van der Waals surface area contributed by atoms with Gasteiger partial charge in [-0.25, -0.2) is 9.59 Å². The number of hydrogen-bond acceptors (Lipinski definition) is 9. The van der Waals surface area contributed by atoms with Crippen LogP contribution in [0.5, 0.6) is 0 Å². The molecule has 1 aliphatic heterocycles. The lowest BCUT2D eigenvalue weighted by Crippen LogP contribution is -2.49. The van der Waals surface area contributed by atoms with Gasteiger partial charge >= 0.3 is 18.2 Å². The molecule has 3 aromatic rings. The quantitative estimate of drug-likeness (QED) is 0.174. The van der Waals surface area contributed by atoms with E-state index in [1.807, 2.05) is 49.0 Å². The molecule has 4 rings (SSSR count). The van der Waals surface area contributed by atoms with Gasteiger partial charge in [0.05, 0.1) is 11.7 Å². The van der Waals surface area contributed by atoms with E-state index in [2.05, 4.69) is 27.4 Å². The van der Waals surface area contributed by atoms with Gasteiger partial charge in [-0.3, -0.25) is 0 Å². The fraction of sp³-hybridized carbons (Fsp3) is 0.452. The van der Waals surface area contributed by atoms with E-state index in [0.717, 1.165) is 21.4 Å². The first-order valence-corrected chi connectivity index (χ1v) is 14.7. The van der Waals surface area contributed by atoms with Crippen molar-refractivity contribution in [3.63, 3.8) is 0 Å². The molecule has 2 N–H and O–H groups in total. The molecule has 1 unspecified atom stereocenters. The first-order valence-electron chi connectivity index (χ1n) is 14.3. The van der Waals surface area contributed by atoms with Crippen LogP contribution in [-0.4, -0.2) is 44.6 Å². The molecule has 14 heteroatoms. The van der Waals surface area contributed by atoms with Crippen LogP contribution in [-0.2, 0) is 52.1 Å². The van der Waals surface area contributed by atoms with Gasteiger partial charge in [0, 0.05) is 25.2 Å². The zero-order valence-corrected chi connectivity index (χ0v) is 26.2. The number of thiocarbonyl (C=S) groups is 1. The van der Waals surface area contributed by atoms with E-state index in [0.29, 0.717) is 24.9 Å². The number of aromatic nitrogens is 3. The number of benzene rings is 2. The molecule has 240 valence electrons. The lowest BCUT2D eigenvalue weighted by Gasteiger charge is -2.35. The molecule has 0 bridgehead atoms. The second-order valence-electron chi connectivity index (χ2n) is 12.3. The van der Waals surface area contributed by atoms with Crippen molar-refractivity contribution in [3.8, 4) is 0 Å². The van der Waals surface area contributed by atoms with Crippen molar-refractivity contribution in [2.45, 2.75) is 78.1 Å². The molecule has 0 saturated heterocycles. The Kier molecular flexibility index (Phi) is 10.1. The van der Waals surface area contributed by atoms with Crippen LogP contribution in [0.4, 0.5) is 23.7 Å². The van der Waals surface area contributed by atoms with Gasteiger partial charge in [-0.1, -0.05) is 57.2 Å². The Morgan fingerprint density at radius 1 is 1.09 bits per heavy atom. The van der Waals surface area contributed by atoms with Crippen molar-refractivity contribution < 1.29 is 32.2 Å². The summed E-state index contributed by atoms with van der Waals surface area (Å²) in [5, 5.41) is 9.04. The fourth-order valence-electron chi connectivity index (χ4n) is 5.41. The summed E-state index contributed by atoms with van der Waals surface area (Å²) in [7, 11) is 0. The summed E-state index contributed by atoms with van der Waals surface area (Å²) < 4.78 is 51.7. The average molecular weight is 645 g/mol. The average Bonchev–Trinajstić information content (AvgIpc) is 3.40. The van der Waals surface area contributed by atoms with Crippen molar-refractivity contribution >= 4 is 35.1 Å². The summed E-state index contributed by atoms with van der Waals surface area (Å²) in [6.07, 6.45) is -5.23. The Hall–Kier alpha value is -4.13. The summed E-state index contributed by atoms with van der Waals surface area (Å²) in [5.74, 6) is -1.35. The van der Waals surface area contributed by atoms with Crippen LogP contribution in [0.1, 0.15) is 62.5 Å². The third-order valence-electron chi connectivity index (χ3n) is 7.25. The number of anilines is 1. The molecule has 45 heavy (non-hydrogen) atoms. The standard InChI is InChI=1S/C31H35F3N6O4S/c1-20(14-21-6-5-7-22(15-21)17-43-28(42)36-19-45)44-27(41)30(35,18-29(2,3)4)23-8-10-24(11-9-23)39-12-13-40-25(16-39)37-38-26(40)31(32,33)34/h5-11,15,20H,12-14,16-18,35H2,1-4H3/t20?,30-/m1/s1. The number of carbonyl (C=O) groups excluding carboxylic acids is 2. The van der Waals surface area contributed by atoms with Crippen LogP contribution in [0.15, 0.2) is 53.5 Å². The topological polar surface area (TPSA) is 125 Å². The number of carbonyl (C=O) groups is 2. The number of esters is 1. The number of isothiocyanates is 1. The van der Waals surface area contributed by atoms with Crippen molar-refractivity contribution in [1.82, 2.24) is 14.8 Å². The molecule has 0 saturated carbocycles. The number of aliphatic imine (C=N–C) groups is 1. The van der Waals surface area contributed by atoms with Gasteiger partial charge < -0.3 is 24.7 Å². The molecule has 2 aromatic carbocycles. The van der Waals surface area contributed by atoms with Gasteiger partial charge in [0.25, 0.3) is 0 Å². The maximum absolute atomic E-state index is 13.7. The van der Waals surface area contributed by atoms with Crippen LogP contribution in [0.2, 0.25) is 0 Å². The number of amides is 1. The highest BCUT2D eigenvalue weighted by Crippen LogP contribution is 2.36. The number of halogens is 3. The Morgan fingerprint density at radius 3 is 2.42 bits per heavy atom. The van der Waals surface area contributed by atoms with Crippen LogP contribution in [0.25, 0.3) is 0 Å². The smallest absolute Gasteiger partial charge is 0.451 e. The lowest BCUT2D eigenvalue weighted by molar-refractivity contribution is -0.156. The Labute approximate surface area is 264 Å². The van der Waals surface area contributed by atoms with E-state index < -0.39 is 35.7 Å². The van der Waals surface area contributed by atoms with E-state index in [1.54, 1.807) is 37.3 Å². The van der Waals surface area contributed by atoms with E-state index in [1.165, 1.54) is 0 Å². The van der Waals surface area contributed by atoms with E-state index in [4.69, 9.17) is 15.2 Å². The van der Waals surface area contributed by atoms with Crippen molar-refractivity contribution in [1.29, 1.82) is 0 Å².